The van der Waals surface area contributed by atoms with Crippen molar-refractivity contribution in [1.82, 2.24) is 10.7 Å². The van der Waals surface area contributed by atoms with Gasteiger partial charge in [0.2, 0.25) is 11.8 Å². The number of carbonyl (C=O) groups excluding carboxylic acids is 2. The topological polar surface area (TPSA) is 70.6 Å². The van der Waals surface area contributed by atoms with Crippen LogP contribution in [0.15, 0.2) is 5.10 Å². The molecule has 0 bridgehead atoms. The number of hydrogen-bond acceptors (Lipinski definition) is 3. The molecule has 1 rings (SSSR count). The van der Waals surface area contributed by atoms with Crippen molar-refractivity contribution in [2.45, 2.75) is 58.9 Å². The molecule has 0 aromatic carbocycles. The number of amides is 2. The smallest absolute Gasteiger partial charge is 0.242 e. The second-order valence-corrected chi connectivity index (χ2v) is 5.20. The zero-order valence-electron chi connectivity index (χ0n) is 11.5. The molecule has 0 atom stereocenters. The van der Waals surface area contributed by atoms with Gasteiger partial charge in [-0.15, -0.1) is 0 Å². The molecule has 0 aromatic rings. The Bertz CT molecular complexity index is 331. The van der Waals surface area contributed by atoms with E-state index < -0.39 is 0 Å². The van der Waals surface area contributed by atoms with Crippen molar-refractivity contribution in [1.29, 1.82) is 0 Å². The average molecular weight is 253 g/mol. The number of nitrogens with one attached hydrogen (secondary N) is 2. The summed E-state index contributed by atoms with van der Waals surface area (Å²) >= 11 is 0. The summed E-state index contributed by atoms with van der Waals surface area (Å²) < 4.78 is 0. The average Bonchev–Trinajstić information content (AvgIpc) is 2.78. The Morgan fingerprint density at radius 2 is 1.89 bits per heavy atom. The van der Waals surface area contributed by atoms with Gasteiger partial charge in [-0.1, -0.05) is 26.7 Å². The SMILES string of the molecule is CC(CC(=O)NC1CCCC1)=NNC(=O)C(C)C. The van der Waals surface area contributed by atoms with Crippen LogP contribution in [-0.2, 0) is 9.59 Å². The molecule has 0 heterocycles. The van der Waals surface area contributed by atoms with Crippen molar-refractivity contribution < 1.29 is 9.59 Å². The van der Waals surface area contributed by atoms with Crippen LogP contribution in [0, 0.1) is 5.92 Å². The predicted octanol–water partition coefficient (Wildman–Crippen LogP) is 1.58. The molecule has 1 aliphatic rings. The molecule has 0 radical (unpaired) electrons. The van der Waals surface area contributed by atoms with Gasteiger partial charge in [-0.2, -0.15) is 5.10 Å². The van der Waals surface area contributed by atoms with Gasteiger partial charge in [-0.25, -0.2) is 5.43 Å². The molecule has 0 aliphatic heterocycles. The first-order valence-corrected chi connectivity index (χ1v) is 6.61. The fraction of sp³-hybridized carbons (Fsp3) is 0.769. The zero-order chi connectivity index (χ0) is 13.5. The van der Waals surface area contributed by atoms with Gasteiger partial charge in [0.15, 0.2) is 0 Å². The van der Waals surface area contributed by atoms with Crippen molar-refractivity contribution >= 4 is 17.5 Å². The molecule has 2 N–H and O–H groups in total. The maximum Gasteiger partial charge on any atom is 0.242 e. The van der Waals surface area contributed by atoms with E-state index in [1.165, 1.54) is 12.8 Å². The molecule has 1 aliphatic carbocycles. The van der Waals surface area contributed by atoms with Crippen molar-refractivity contribution in [3.05, 3.63) is 0 Å². The van der Waals surface area contributed by atoms with E-state index in [2.05, 4.69) is 15.8 Å². The Morgan fingerprint density at radius 3 is 2.44 bits per heavy atom. The quantitative estimate of drug-likeness (QED) is 0.577. The van der Waals surface area contributed by atoms with Gasteiger partial charge in [0.25, 0.3) is 0 Å². The third-order valence-corrected chi connectivity index (χ3v) is 3.02. The van der Waals surface area contributed by atoms with Gasteiger partial charge in [-0.05, 0) is 19.8 Å². The maximum absolute atomic E-state index is 11.7. The highest BCUT2D eigenvalue weighted by Crippen LogP contribution is 2.17. The summed E-state index contributed by atoms with van der Waals surface area (Å²) in [6.07, 6.45) is 4.79. The third kappa shape index (κ3) is 5.29. The third-order valence-electron chi connectivity index (χ3n) is 3.02. The fourth-order valence-electron chi connectivity index (χ4n) is 1.90. The molecular formula is C13H23N3O2. The Balaban J connectivity index is 2.29. The van der Waals surface area contributed by atoms with E-state index in [9.17, 15) is 9.59 Å². The van der Waals surface area contributed by atoms with Crippen LogP contribution in [0.3, 0.4) is 0 Å². The lowest BCUT2D eigenvalue weighted by atomic mass is 10.2. The van der Waals surface area contributed by atoms with E-state index in [1.807, 2.05) is 0 Å². The second-order valence-electron chi connectivity index (χ2n) is 5.20. The van der Waals surface area contributed by atoms with Crippen molar-refractivity contribution in [3.63, 3.8) is 0 Å². The molecule has 0 aromatic heterocycles. The highest BCUT2D eigenvalue weighted by atomic mass is 16.2. The molecule has 18 heavy (non-hydrogen) atoms. The molecule has 102 valence electrons. The number of rotatable bonds is 5. The fourth-order valence-corrected chi connectivity index (χ4v) is 1.90. The van der Waals surface area contributed by atoms with Crippen molar-refractivity contribution in [2.75, 3.05) is 0 Å². The van der Waals surface area contributed by atoms with E-state index in [-0.39, 0.29) is 24.2 Å². The van der Waals surface area contributed by atoms with Crippen molar-refractivity contribution in [3.8, 4) is 0 Å². The number of nitrogens with zero attached hydrogens (tertiary/aromatic N) is 1. The minimum Gasteiger partial charge on any atom is -0.353 e. The number of carbonyl (C=O) groups is 2. The van der Waals surface area contributed by atoms with E-state index in [0.717, 1.165) is 12.8 Å². The lowest BCUT2D eigenvalue weighted by Gasteiger charge is -2.11. The van der Waals surface area contributed by atoms with Gasteiger partial charge in [-0.3, -0.25) is 9.59 Å². The van der Waals surface area contributed by atoms with E-state index in [0.29, 0.717) is 11.8 Å². The molecular weight excluding hydrogens is 230 g/mol. The molecule has 1 fully saturated rings. The summed E-state index contributed by atoms with van der Waals surface area (Å²) in [7, 11) is 0. The van der Waals surface area contributed by atoms with E-state index in [1.54, 1.807) is 20.8 Å². The second kappa shape index (κ2) is 7.13. The summed E-state index contributed by atoms with van der Waals surface area (Å²) in [6, 6.07) is 0.329. The summed E-state index contributed by atoms with van der Waals surface area (Å²) in [4.78, 5) is 23.0. The molecule has 0 spiro atoms. The van der Waals surface area contributed by atoms with Crippen LogP contribution < -0.4 is 10.7 Å². The minimum absolute atomic E-state index is 0.0121. The van der Waals surface area contributed by atoms with Crippen LogP contribution in [-0.4, -0.2) is 23.6 Å². The molecule has 1 saturated carbocycles. The molecule has 0 saturated heterocycles. The summed E-state index contributed by atoms with van der Waals surface area (Å²) in [5.41, 5.74) is 3.07. The highest BCUT2D eigenvalue weighted by Gasteiger charge is 2.17. The largest absolute Gasteiger partial charge is 0.353 e. The highest BCUT2D eigenvalue weighted by molar-refractivity contribution is 6.00. The zero-order valence-corrected chi connectivity index (χ0v) is 11.5. The Morgan fingerprint density at radius 1 is 1.28 bits per heavy atom. The first-order chi connectivity index (χ1) is 8.49. The minimum atomic E-state index is -0.134. The first kappa shape index (κ1) is 14.7. The van der Waals surface area contributed by atoms with Gasteiger partial charge in [0, 0.05) is 17.7 Å². The van der Waals surface area contributed by atoms with Crippen LogP contribution >= 0.6 is 0 Å². The monoisotopic (exact) mass is 253 g/mol. The number of hydrazone groups is 1. The predicted molar refractivity (Wildman–Crippen MR) is 71.1 cm³/mol. The van der Waals surface area contributed by atoms with E-state index >= 15 is 0 Å². The van der Waals surface area contributed by atoms with Crippen LogP contribution in [0.25, 0.3) is 0 Å². The van der Waals surface area contributed by atoms with Gasteiger partial charge in [0.1, 0.15) is 0 Å². The molecule has 0 unspecified atom stereocenters. The molecule has 5 heteroatoms. The van der Waals surface area contributed by atoms with Gasteiger partial charge >= 0.3 is 0 Å². The standard InChI is InChI=1S/C13H23N3O2/c1-9(2)13(18)16-15-10(3)8-12(17)14-11-6-4-5-7-11/h9,11H,4-8H2,1-3H3,(H,14,17)(H,16,18). The Kier molecular flexibility index (Phi) is 5.82. The lowest BCUT2D eigenvalue weighted by Crippen LogP contribution is -2.34. The van der Waals surface area contributed by atoms with Gasteiger partial charge in [0.05, 0.1) is 6.42 Å². The first-order valence-electron chi connectivity index (χ1n) is 6.61. The van der Waals surface area contributed by atoms with Crippen molar-refractivity contribution in [2.24, 2.45) is 11.0 Å². The Labute approximate surface area is 108 Å². The molecule has 5 nitrogen and oxygen atoms in total. The number of hydrogen-bond donors (Lipinski definition) is 2. The van der Waals surface area contributed by atoms with Crippen LogP contribution in [0.2, 0.25) is 0 Å². The normalized spacial score (nSPS) is 17.0. The summed E-state index contributed by atoms with van der Waals surface area (Å²) in [5, 5.41) is 6.90. The van der Waals surface area contributed by atoms with Gasteiger partial charge < -0.3 is 5.32 Å². The van der Waals surface area contributed by atoms with Crippen LogP contribution in [0.5, 0.6) is 0 Å². The van der Waals surface area contributed by atoms with Crippen LogP contribution in [0.1, 0.15) is 52.9 Å². The molecule has 2 amide bonds. The maximum atomic E-state index is 11.7. The summed E-state index contributed by atoms with van der Waals surface area (Å²) in [6.45, 7) is 5.34. The lowest BCUT2D eigenvalue weighted by molar-refractivity contribution is -0.124. The Hall–Kier alpha value is -1.39. The van der Waals surface area contributed by atoms with Crippen LogP contribution in [0.4, 0.5) is 0 Å². The summed E-state index contributed by atoms with van der Waals surface area (Å²) in [5.74, 6) is -0.249. The van der Waals surface area contributed by atoms with E-state index in [4.69, 9.17) is 0 Å².